The lowest BCUT2D eigenvalue weighted by Crippen LogP contribution is -2.48. The highest BCUT2D eigenvalue weighted by Crippen LogP contribution is 2.23. The average Bonchev–Trinajstić information content (AvgIpc) is 3.16. The molecule has 1 aliphatic heterocycles. The van der Waals surface area contributed by atoms with Crippen LogP contribution in [0.5, 0.6) is 0 Å². The van der Waals surface area contributed by atoms with Crippen molar-refractivity contribution < 1.29 is 12.8 Å². The Morgan fingerprint density at radius 2 is 1.65 bits per heavy atom. The minimum atomic E-state index is -3.87. The maximum atomic E-state index is 13.5. The Hall–Kier alpha value is -3.50. The summed E-state index contributed by atoms with van der Waals surface area (Å²) in [5.41, 5.74) is 2.54. The van der Waals surface area contributed by atoms with Crippen LogP contribution in [0.2, 0.25) is 0 Å². The first kappa shape index (κ1) is 22.3. The van der Waals surface area contributed by atoms with Crippen molar-refractivity contribution in [2.45, 2.75) is 18.4 Å². The van der Waals surface area contributed by atoms with Crippen LogP contribution in [0.1, 0.15) is 11.1 Å². The van der Waals surface area contributed by atoms with Gasteiger partial charge in [0.05, 0.1) is 6.54 Å². The zero-order chi connectivity index (χ0) is 23.9. The molecule has 0 atom stereocenters. The molecule has 2 aromatic heterocycles. The summed E-state index contributed by atoms with van der Waals surface area (Å²) in [6, 6.07) is 16.9. The van der Waals surface area contributed by atoms with Crippen molar-refractivity contribution in [2.75, 3.05) is 31.1 Å². The number of nitrogens with zero attached hydrogens (tertiary/aromatic N) is 5. The molecule has 1 aliphatic rings. The molecular formula is C24H24FN5O3S. The van der Waals surface area contributed by atoms with Gasteiger partial charge in [-0.2, -0.15) is 4.31 Å². The SMILES string of the molecule is Cc1ccccc1Cn1nc2c(S(=O)(=O)N3CCN(c4ccc(F)cc4)CC3)cccn2c1=O. The molecule has 0 N–H and O–H groups in total. The zero-order valence-corrected chi connectivity index (χ0v) is 19.4. The van der Waals surface area contributed by atoms with Gasteiger partial charge in [-0.1, -0.05) is 24.3 Å². The molecule has 3 heterocycles. The minimum Gasteiger partial charge on any atom is -0.369 e. The number of halogens is 1. The number of aryl methyl sites for hydroxylation is 1. The number of hydrogen-bond acceptors (Lipinski definition) is 5. The molecule has 0 unspecified atom stereocenters. The number of fused-ring (bicyclic) bond motifs is 1. The van der Waals surface area contributed by atoms with E-state index in [0.717, 1.165) is 16.8 Å². The number of pyridine rings is 1. The highest BCUT2D eigenvalue weighted by atomic mass is 32.2. The fraction of sp³-hybridized carbons (Fsp3) is 0.250. The van der Waals surface area contributed by atoms with Crippen molar-refractivity contribution in [3.05, 3.63) is 94.3 Å². The van der Waals surface area contributed by atoms with Gasteiger partial charge in [-0.15, -0.1) is 5.10 Å². The van der Waals surface area contributed by atoms with E-state index in [0.29, 0.717) is 13.1 Å². The van der Waals surface area contributed by atoms with Crippen LogP contribution in [-0.2, 0) is 16.6 Å². The van der Waals surface area contributed by atoms with Crippen molar-refractivity contribution in [1.29, 1.82) is 0 Å². The summed E-state index contributed by atoms with van der Waals surface area (Å²) < 4.78 is 44.2. The smallest absolute Gasteiger partial charge is 0.350 e. The van der Waals surface area contributed by atoms with Gasteiger partial charge in [0, 0.05) is 38.1 Å². The van der Waals surface area contributed by atoms with Crippen LogP contribution in [0.25, 0.3) is 5.65 Å². The Bertz CT molecular complexity index is 1500. The van der Waals surface area contributed by atoms with E-state index in [1.165, 1.54) is 37.8 Å². The summed E-state index contributed by atoms with van der Waals surface area (Å²) in [5, 5.41) is 4.40. The summed E-state index contributed by atoms with van der Waals surface area (Å²) in [7, 11) is -3.87. The van der Waals surface area contributed by atoms with E-state index in [-0.39, 0.29) is 36.0 Å². The van der Waals surface area contributed by atoms with Crippen molar-refractivity contribution in [1.82, 2.24) is 18.5 Å². The van der Waals surface area contributed by atoms with Gasteiger partial charge < -0.3 is 4.90 Å². The number of sulfonamides is 1. The predicted octanol–water partition coefficient (Wildman–Crippen LogP) is 2.50. The molecule has 2 aromatic carbocycles. The molecule has 176 valence electrons. The molecule has 5 rings (SSSR count). The molecule has 1 fully saturated rings. The van der Waals surface area contributed by atoms with Crippen LogP contribution in [0.15, 0.2) is 76.6 Å². The van der Waals surface area contributed by atoms with E-state index in [2.05, 4.69) is 5.10 Å². The largest absolute Gasteiger partial charge is 0.369 e. The normalized spacial score (nSPS) is 15.2. The standard InChI is InChI=1S/C24H24FN5O3S/c1-18-5-2-3-6-19(18)17-30-24(31)29-12-4-7-22(23(29)26-30)34(32,33)28-15-13-27(14-16-28)21-10-8-20(25)9-11-21/h2-12H,13-17H2,1H3. The molecule has 0 amide bonds. The second-order valence-electron chi connectivity index (χ2n) is 8.30. The van der Waals surface area contributed by atoms with E-state index >= 15 is 0 Å². The molecule has 0 spiro atoms. The summed E-state index contributed by atoms with van der Waals surface area (Å²) in [4.78, 5) is 15.0. The van der Waals surface area contributed by atoms with Gasteiger partial charge in [-0.05, 0) is 54.4 Å². The number of piperazine rings is 1. The zero-order valence-electron chi connectivity index (χ0n) is 18.6. The quantitative estimate of drug-likeness (QED) is 0.438. The molecular weight excluding hydrogens is 457 g/mol. The van der Waals surface area contributed by atoms with Crippen molar-refractivity contribution in [3.8, 4) is 0 Å². The molecule has 0 bridgehead atoms. The summed E-state index contributed by atoms with van der Waals surface area (Å²) in [6.45, 7) is 3.70. The van der Waals surface area contributed by atoms with E-state index < -0.39 is 15.7 Å². The highest BCUT2D eigenvalue weighted by Gasteiger charge is 2.31. The van der Waals surface area contributed by atoms with E-state index in [1.807, 2.05) is 36.1 Å². The first-order chi connectivity index (χ1) is 16.3. The van der Waals surface area contributed by atoms with Crippen molar-refractivity contribution in [2.24, 2.45) is 0 Å². The first-order valence-corrected chi connectivity index (χ1v) is 12.4. The average molecular weight is 482 g/mol. The van der Waals surface area contributed by atoms with Crippen molar-refractivity contribution in [3.63, 3.8) is 0 Å². The summed E-state index contributed by atoms with van der Waals surface area (Å²) >= 11 is 0. The second-order valence-corrected chi connectivity index (χ2v) is 10.2. The molecule has 0 radical (unpaired) electrons. The maximum absolute atomic E-state index is 13.5. The number of aromatic nitrogens is 3. The molecule has 8 nitrogen and oxygen atoms in total. The van der Waals surface area contributed by atoms with E-state index in [9.17, 15) is 17.6 Å². The van der Waals surface area contributed by atoms with Gasteiger partial charge in [0.2, 0.25) is 10.0 Å². The Morgan fingerprint density at radius 1 is 0.941 bits per heavy atom. The maximum Gasteiger partial charge on any atom is 0.350 e. The molecule has 0 aliphatic carbocycles. The number of anilines is 1. The Balaban J connectivity index is 1.43. The fourth-order valence-electron chi connectivity index (χ4n) is 4.24. The Morgan fingerprint density at radius 3 is 2.35 bits per heavy atom. The third-order valence-electron chi connectivity index (χ3n) is 6.20. The van der Waals surface area contributed by atoms with Gasteiger partial charge in [0.1, 0.15) is 10.7 Å². The third-order valence-corrected chi connectivity index (χ3v) is 8.12. The topological polar surface area (TPSA) is 79.9 Å². The van der Waals surface area contributed by atoms with E-state index in [1.54, 1.807) is 18.2 Å². The van der Waals surface area contributed by atoms with Crippen molar-refractivity contribution >= 4 is 21.4 Å². The van der Waals surface area contributed by atoms with Crippen LogP contribution in [0.3, 0.4) is 0 Å². The molecule has 34 heavy (non-hydrogen) atoms. The van der Waals surface area contributed by atoms with Crippen LogP contribution in [-0.4, -0.2) is 53.1 Å². The van der Waals surface area contributed by atoms with Crippen LogP contribution in [0.4, 0.5) is 10.1 Å². The van der Waals surface area contributed by atoms with Crippen LogP contribution >= 0.6 is 0 Å². The highest BCUT2D eigenvalue weighted by molar-refractivity contribution is 7.89. The predicted molar refractivity (Wildman–Crippen MR) is 127 cm³/mol. The third kappa shape index (κ3) is 3.99. The first-order valence-electron chi connectivity index (χ1n) is 11.0. The van der Waals surface area contributed by atoms with Gasteiger partial charge >= 0.3 is 5.69 Å². The van der Waals surface area contributed by atoms with Crippen LogP contribution < -0.4 is 10.6 Å². The molecule has 1 saturated heterocycles. The lowest BCUT2D eigenvalue weighted by Gasteiger charge is -2.35. The summed E-state index contributed by atoms with van der Waals surface area (Å²) in [6.07, 6.45) is 1.53. The second kappa shape index (κ2) is 8.69. The molecule has 10 heteroatoms. The lowest BCUT2D eigenvalue weighted by atomic mass is 10.1. The van der Waals surface area contributed by atoms with Gasteiger partial charge in [0.25, 0.3) is 0 Å². The Labute approximate surface area is 196 Å². The number of hydrogen-bond donors (Lipinski definition) is 0. The molecule has 4 aromatic rings. The molecule has 0 saturated carbocycles. The monoisotopic (exact) mass is 481 g/mol. The van der Waals surface area contributed by atoms with E-state index in [4.69, 9.17) is 0 Å². The van der Waals surface area contributed by atoms with Gasteiger partial charge in [0.15, 0.2) is 5.65 Å². The summed E-state index contributed by atoms with van der Waals surface area (Å²) in [5.74, 6) is -0.310. The van der Waals surface area contributed by atoms with Gasteiger partial charge in [-0.3, -0.25) is 0 Å². The number of rotatable bonds is 5. The minimum absolute atomic E-state index is 0.00543. The lowest BCUT2D eigenvalue weighted by molar-refractivity contribution is 0.385. The van der Waals surface area contributed by atoms with Gasteiger partial charge in [-0.25, -0.2) is 26.7 Å². The number of benzene rings is 2. The fourth-order valence-corrected chi connectivity index (χ4v) is 5.79. The Kier molecular flexibility index (Phi) is 5.70. The van der Waals surface area contributed by atoms with Crippen LogP contribution in [0, 0.1) is 12.7 Å².